The molecule has 3 heteroatoms. The van der Waals surface area contributed by atoms with Gasteiger partial charge in [-0.2, -0.15) is 0 Å². The lowest BCUT2D eigenvalue weighted by Gasteiger charge is -2.37. The Hall–Kier alpha value is -0.0600. The first-order valence-electron chi connectivity index (χ1n) is 7.76. The van der Waals surface area contributed by atoms with E-state index >= 15 is 0 Å². The van der Waals surface area contributed by atoms with E-state index in [1.165, 1.54) is 32.1 Å². The standard InChI is InChI=1S/C17H29IO2/c1-6-7-13-8-14(10-15(18)9-13)11-17(4,5)20-16(19)12(2)3/h13-15H,2,6-11H2,1,3-5H3. The third kappa shape index (κ3) is 6.15. The predicted molar refractivity (Wildman–Crippen MR) is 93.1 cm³/mol. The van der Waals surface area contributed by atoms with Gasteiger partial charge in [0, 0.05) is 9.50 Å². The van der Waals surface area contributed by atoms with Gasteiger partial charge in [0.1, 0.15) is 5.60 Å². The van der Waals surface area contributed by atoms with Gasteiger partial charge in [-0.3, -0.25) is 0 Å². The van der Waals surface area contributed by atoms with Crippen molar-refractivity contribution in [1.29, 1.82) is 0 Å². The van der Waals surface area contributed by atoms with Crippen molar-refractivity contribution < 1.29 is 9.53 Å². The highest BCUT2D eigenvalue weighted by atomic mass is 127. The summed E-state index contributed by atoms with van der Waals surface area (Å²) in [6.45, 7) is 11.7. The Morgan fingerprint density at radius 1 is 1.30 bits per heavy atom. The summed E-state index contributed by atoms with van der Waals surface area (Å²) in [5.41, 5.74) is 0.0999. The molecule has 0 aliphatic heterocycles. The van der Waals surface area contributed by atoms with Crippen molar-refractivity contribution in [2.75, 3.05) is 0 Å². The molecule has 0 heterocycles. The number of carbonyl (C=O) groups is 1. The molecule has 0 radical (unpaired) electrons. The molecule has 1 rings (SSSR count). The van der Waals surface area contributed by atoms with Crippen molar-refractivity contribution in [3.63, 3.8) is 0 Å². The molecule has 3 atom stereocenters. The largest absolute Gasteiger partial charge is 0.456 e. The highest BCUT2D eigenvalue weighted by molar-refractivity contribution is 14.1. The maximum atomic E-state index is 11.7. The van der Waals surface area contributed by atoms with Gasteiger partial charge >= 0.3 is 5.97 Å². The van der Waals surface area contributed by atoms with Crippen LogP contribution in [0.3, 0.4) is 0 Å². The number of carbonyl (C=O) groups excluding carboxylic acids is 1. The monoisotopic (exact) mass is 392 g/mol. The number of ether oxygens (including phenoxy) is 1. The van der Waals surface area contributed by atoms with Crippen LogP contribution in [0.5, 0.6) is 0 Å². The Balaban J connectivity index is 2.56. The number of alkyl halides is 1. The lowest BCUT2D eigenvalue weighted by Crippen LogP contribution is -2.34. The van der Waals surface area contributed by atoms with E-state index in [1.807, 2.05) is 13.8 Å². The van der Waals surface area contributed by atoms with Crippen molar-refractivity contribution in [3.05, 3.63) is 12.2 Å². The molecular formula is C17H29IO2. The van der Waals surface area contributed by atoms with E-state index in [9.17, 15) is 4.79 Å². The summed E-state index contributed by atoms with van der Waals surface area (Å²) in [5.74, 6) is 1.27. The molecule has 1 saturated carbocycles. The van der Waals surface area contributed by atoms with Gasteiger partial charge < -0.3 is 4.74 Å². The van der Waals surface area contributed by atoms with Crippen LogP contribution in [0.1, 0.15) is 66.2 Å². The summed E-state index contributed by atoms with van der Waals surface area (Å²) in [4.78, 5) is 11.7. The van der Waals surface area contributed by atoms with E-state index in [0.717, 1.165) is 16.3 Å². The second-order valence-corrected chi connectivity index (χ2v) is 8.72. The minimum atomic E-state index is -0.384. The Bertz CT molecular complexity index is 349. The Morgan fingerprint density at radius 3 is 2.45 bits per heavy atom. The van der Waals surface area contributed by atoms with Crippen LogP contribution in [-0.2, 0) is 9.53 Å². The fourth-order valence-electron chi connectivity index (χ4n) is 3.37. The molecular weight excluding hydrogens is 363 g/mol. The number of halogens is 1. The molecule has 116 valence electrons. The highest BCUT2D eigenvalue weighted by Gasteiger charge is 2.33. The zero-order valence-corrected chi connectivity index (χ0v) is 15.5. The fourth-order valence-corrected chi connectivity index (χ4v) is 4.81. The first-order chi connectivity index (χ1) is 9.23. The molecule has 0 aromatic rings. The van der Waals surface area contributed by atoms with Gasteiger partial charge in [-0.15, -0.1) is 0 Å². The van der Waals surface area contributed by atoms with Crippen LogP contribution in [0.4, 0.5) is 0 Å². The quantitative estimate of drug-likeness (QED) is 0.266. The topological polar surface area (TPSA) is 26.3 Å². The zero-order chi connectivity index (χ0) is 15.3. The van der Waals surface area contributed by atoms with Crippen LogP contribution in [0, 0.1) is 11.8 Å². The van der Waals surface area contributed by atoms with Gasteiger partial charge in [0.2, 0.25) is 0 Å². The number of esters is 1. The average molecular weight is 392 g/mol. The second kappa shape index (κ2) is 7.81. The lowest BCUT2D eigenvalue weighted by molar-refractivity contribution is -0.153. The molecule has 0 aromatic carbocycles. The van der Waals surface area contributed by atoms with Gasteiger partial charge in [-0.1, -0.05) is 48.9 Å². The van der Waals surface area contributed by atoms with E-state index in [0.29, 0.717) is 11.5 Å². The number of hydrogen-bond acceptors (Lipinski definition) is 2. The van der Waals surface area contributed by atoms with Gasteiger partial charge in [-0.25, -0.2) is 4.79 Å². The average Bonchev–Trinajstić information content (AvgIpc) is 2.26. The van der Waals surface area contributed by atoms with Crippen molar-refractivity contribution in [1.82, 2.24) is 0 Å². The zero-order valence-electron chi connectivity index (χ0n) is 13.4. The van der Waals surface area contributed by atoms with Crippen LogP contribution < -0.4 is 0 Å². The van der Waals surface area contributed by atoms with E-state index < -0.39 is 0 Å². The molecule has 1 fully saturated rings. The van der Waals surface area contributed by atoms with Gasteiger partial charge in [0.15, 0.2) is 0 Å². The lowest BCUT2D eigenvalue weighted by atomic mass is 9.75. The molecule has 2 nitrogen and oxygen atoms in total. The van der Waals surface area contributed by atoms with E-state index in [-0.39, 0.29) is 11.6 Å². The van der Waals surface area contributed by atoms with E-state index in [2.05, 4.69) is 36.1 Å². The Kier molecular flexibility index (Phi) is 7.02. The van der Waals surface area contributed by atoms with Crippen molar-refractivity contribution >= 4 is 28.6 Å². The Morgan fingerprint density at radius 2 is 1.90 bits per heavy atom. The molecule has 0 amide bonds. The summed E-state index contributed by atoms with van der Waals surface area (Å²) < 4.78 is 6.37. The SMILES string of the molecule is C=C(C)C(=O)OC(C)(C)CC1CC(I)CC(CCC)C1. The Labute approximate surface area is 137 Å². The minimum absolute atomic E-state index is 0.262. The summed E-state index contributed by atoms with van der Waals surface area (Å²) >= 11 is 2.59. The molecule has 1 aliphatic carbocycles. The van der Waals surface area contributed by atoms with Gasteiger partial charge in [-0.05, 0) is 58.3 Å². The number of rotatable bonds is 6. The summed E-state index contributed by atoms with van der Waals surface area (Å²) in [7, 11) is 0. The molecule has 0 spiro atoms. The molecule has 0 saturated heterocycles. The van der Waals surface area contributed by atoms with E-state index in [4.69, 9.17) is 4.74 Å². The molecule has 3 unspecified atom stereocenters. The smallest absolute Gasteiger partial charge is 0.333 e. The molecule has 0 aromatic heterocycles. The van der Waals surface area contributed by atoms with Crippen LogP contribution in [0.2, 0.25) is 0 Å². The second-order valence-electron chi connectivity index (χ2n) is 6.96. The predicted octanol–water partition coefficient (Wildman–Crippen LogP) is 5.29. The summed E-state index contributed by atoms with van der Waals surface area (Å²) in [6, 6.07) is 0. The van der Waals surface area contributed by atoms with Crippen LogP contribution in [-0.4, -0.2) is 15.5 Å². The normalized spacial score (nSPS) is 27.1. The molecule has 0 bridgehead atoms. The van der Waals surface area contributed by atoms with Crippen LogP contribution in [0.15, 0.2) is 12.2 Å². The van der Waals surface area contributed by atoms with Crippen LogP contribution in [0.25, 0.3) is 0 Å². The van der Waals surface area contributed by atoms with Gasteiger partial charge in [0.25, 0.3) is 0 Å². The molecule has 0 N–H and O–H groups in total. The maximum absolute atomic E-state index is 11.7. The third-order valence-corrected chi connectivity index (χ3v) is 5.06. The van der Waals surface area contributed by atoms with E-state index in [1.54, 1.807) is 6.92 Å². The van der Waals surface area contributed by atoms with Gasteiger partial charge in [0.05, 0.1) is 0 Å². The highest BCUT2D eigenvalue weighted by Crippen LogP contribution is 2.40. The summed E-state index contributed by atoms with van der Waals surface area (Å²) in [6.07, 6.45) is 7.48. The first kappa shape index (κ1) is 18.0. The van der Waals surface area contributed by atoms with Crippen molar-refractivity contribution in [3.8, 4) is 0 Å². The summed E-state index contributed by atoms with van der Waals surface area (Å²) in [5, 5.41) is 0. The first-order valence-corrected chi connectivity index (χ1v) is 9.01. The fraction of sp³-hybridized carbons (Fsp3) is 0.824. The third-order valence-electron chi connectivity index (χ3n) is 4.04. The maximum Gasteiger partial charge on any atom is 0.333 e. The number of hydrogen-bond donors (Lipinski definition) is 0. The van der Waals surface area contributed by atoms with Crippen LogP contribution >= 0.6 is 22.6 Å². The van der Waals surface area contributed by atoms with Crippen molar-refractivity contribution in [2.45, 2.75) is 75.7 Å². The molecule has 1 aliphatic rings. The van der Waals surface area contributed by atoms with Crippen molar-refractivity contribution in [2.24, 2.45) is 11.8 Å². The molecule has 20 heavy (non-hydrogen) atoms. The minimum Gasteiger partial charge on any atom is -0.456 e.